The summed E-state index contributed by atoms with van der Waals surface area (Å²) in [6.45, 7) is 5.61. The van der Waals surface area contributed by atoms with Crippen molar-refractivity contribution in [3.05, 3.63) is 51.5 Å². The number of aryl methyl sites for hydroxylation is 1. The molecule has 2 aromatic rings. The van der Waals surface area contributed by atoms with Gasteiger partial charge in [0.05, 0.1) is 27.7 Å². The topological polar surface area (TPSA) is 131 Å². The van der Waals surface area contributed by atoms with Crippen LogP contribution in [-0.4, -0.2) is 51.5 Å². The lowest BCUT2D eigenvalue weighted by atomic mass is 10.0. The number of amides is 2. The van der Waals surface area contributed by atoms with Gasteiger partial charge in [0, 0.05) is 17.9 Å². The van der Waals surface area contributed by atoms with Crippen LogP contribution in [0.2, 0.25) is 0 Å². The highest BCUT2D eigenvalue weighted by atomic mass is 32.1. The summed E-state index contributed by atoms with van der Waals surface area (Å²) in [5, 5.41) is 17.0. The number of benzene rings is 1. The maximum atomic E-state index is 13.3. The summed E-state index contributed by atoms with van der Waals surface area (Å²) in [5.41, 5.74) is 13.3. The fourth-order valence-electron chi connectivity index (χ4n) is 4.45. The van der Waals surface area contributed by atoms with Crippen LogP contribution in [0.4, 0.5) is 0 Å². The minimum Gasteiger partial charge on any atom is -0.391 e. The molecule has 0 unspecified atom stereocenters. The molecule has 10 heteroatoms. The van der Waals surface area contributed by atoms with E-state index in [1.807, 2.05) is 36.7 Å². The maximum Gasteiger partial charge on any atom is 0.243 e. The van der Waals surface area contributed by atoms with E-state index in [9.17, 15) is 14.7 Å². The number of rotatable bonds is 7. The van der Waals surface area contributed by atoms with E-state index in [0.29, 0.717) is 0 Å². The number of aliphatic hydroxyl groups excluding tert-OH is 1. The zero-order valence-electron chi connectivity index (χ0n) is 18.9. The molecule has 33 heavy (non-hydrogen) atoms. The summed E-state index contributed by atoms with van der Waals surface area (Å²) in [6, 6.07) is 6.46. The van der Waals surface area contributed by atoms with E-state index >= 15 is 0 Å². The van der Waals surface area contributed by atoms with Crippen molar-refractivity contribution in [3.8, 4) is 10.4 Å². The number of hydrogen-bond donors (Lipinski definition) is 2. The summed E-state index contributed by atoms with van der Waals surface area (Å²) in [4.78, 5) is 35.9. The van der Waals surface area contributed by atoms with Crippen molar-refractivity contribution in [3.63, 3.8) is 0 Å². The van der Waals surface area contributed by atoms with Gasteiger partial charge in [0.25, 0.3) is 0 Å². The first-order valence-electron chi connectivity index (χ1n) is 11.1. The number of nitrogens with zero attached hydrogens (tertiary/aromatic N) is 5. The minimum absolute atomic E-state index is 0.0526. The third-order valence-corrected chi connectivity index (χ3v) is 7.46. The number of azide groups is 1. The molecular weight excluding hydrogens is 440 g/mol. The Labute approximate surface area is 196 Å². The maximum absolute atomic E-state index is 13.3. The molecule has 1 saturated heterocycles. The number of hydrogen-bond acceptors (Lipinski definition) is 6. The van der Waals surface area contributed by atoms with E-state index in [1.165, 1.54) is 4.90 Å². The predicted octanol–water partition coefficient (Wildman–Crippen LogP) is 3.52. The van der Waals surface area contributed by atoms with Crippen LogP contribution in [0.25, 0.3) is 20.9 Å². The van der Waals surface area contributed by atoms with Gasteiger partial charge in [-0.25, -0.2) is 4.98 Å². The number of aliphatic hydroxyl groups is 1. The van der Waals surface area contributed by atoms with E-state index in [2.05, 4.69) is 20.3 Å². The van der Waals surface area contributed by atoms with E-state index in [0.717, 1.165) is 34.5 Å². The molecule has 1 aromatic heterocycles. The first-order chi connectivity index (χ1) is 15.8. The minimum atomic E-state index is -0.909. The normalized spacial score (nSPS) is 22.0. The van der Waals surface area contributed by atoms with Crippen molar-refractivity contribution in [1.82, 2.24) is 15.2 Å². The first kappa shape index (κ1) is 23.2. The number of carbonyl (C=O) groups excluding carboxylic acids is 2. The third-order valence-electron chi connectivity index (χ3n) is 6.48. The molecule has 1 aromatic carbocycles. The summed E-state index contributed by atoms with van der Waals surface area (Å²) >= 11 is 1.60. The average Bonchev–Trinajstić information content (AvgIpc) is 3.25. The zero-order valence-corrected chi connectivity index (χ0v) is 19.7. The molecule has 174 valence electrons. The fourth-order valence-corrected chi connectivity index (χ4v) is 5.26. The highest BCUT2D eigenvalue weighted by Gasteiger charge is 2.49. The SMILES string of the molecule is Cc1ncsc1-c1ccc(C2(NC(=O)[C@@H]3C[C@@H](O)CN3C(=O)[C@@H](N=[N+]=[N-])C(C)C)CC2)cc1. The van der Waals surface area contributed by atoms with Gasteiger partial charge >= 0.3 is 0 Å². The Bertz CT molecular complexity index is 1090. The van der Waals surface area contributed by atoms with Gasteiger partial charge in [-0.1, -0.05) is 43.2 Å². The van der Waals surface area contributed by atoms with Gasteiger partial charge in [-0.2, -0.15) is 0 Å². The van der Waals surface area contributed by atoms with Crippen LogP contribution < -0.4 is 5.32 Å². The van der Waals surface area contributed by atoms with Crippen LogP contribution in [0.3, 0.4) is 0 Å². The number of nitrogens with one attached hydrogen (secondary N) is 1. The zero-order chi connectivity index (χ0) is 23.8. The number of carbonyl (C=O) groups is 2. The van der Waals surface area contributed by atoms with Crippen molar-refractivity contribution >= 4 is 23.2 Å². The summed E-state index contributed by atoms with van der Waals surface area (Å²) < 4.78 is 0. The number of aromatic nitrogens is 1. The Kier molecular flexibility index (Phi) is 6.43. The Hall–Kier alpha value is -2.94. The molecule has 1 saturated carbocycles. The molecule has 0 spiro atoms. The third kappa shape index (κ3) is 4.59. The van der Waals surface area contributed by atoms with Crippen LogP contribution in [0, 0.1) is 12.8 Å². The van der Waals surface area contributed by atoms with E-state index in [1.54, 1.807) is 25.2 Å². The van der Waals surface area contributed by atoms with Gasteiger partial charge in [-0.05, 0) is 42.3 Å². The highest BCUT2D eigenvalue weighted by molar-refractivity contribution is 7.13. The lowest BCUT2D eigenvalue weighted by Gasteiger charge is -2.29. The molecular formula is C23H28N6O3S. The summed E-state index contributed by atoms with van der Waals surface area (Å²) in [7, 11) is 0. The van der Waals surface area contributed by atoms with Crippen LogP contribution in [0.15, 0.2) is 34.9 Å². The van der Waals surface area contributed by atoms with Crippen LogP contribution in [0.5, 0.6) is 0 Å². The van der Waals surface area contributed by atoms with Crippen molar-refractivity contribution in [2.75, 3.05) is 6.54 Å². The second-order valence-electron chi connectivity index (χ2n) is 9.21. The molecule has 2 fully saturated rings. The van der Waals surface area contributed by atoms with Gasteiger partial charge in [-0.3, -0.25) is 9.59 Å². The molecule has 2 heterocycles. The Morgan fingerprint density at radius 2 is 2.03 bits per heavy atom. The number of β-amino-alcohol motifs (C(OH)–C–C–N with tert-alkyl or cyclic N) is 1. The van der Waals surface area contributed by atoms with Gasteiger partial charge in [0.2, 0.25) is 11.8 Å². The Morgan fingerprint density at radius 3 is 2.58 bits per heavy atom. The Morgan fingerprint density at radius 1 is 1.33 bits per heavy atom. The van der Waals surface area contributed by atoms with Gasteiger partial charge in [-0.15, -0.1) is 11.3 Å². The second-order valence-corrected chi connectivity index (χ2v) is 10.1. The quantitative estimate of drug-likeness (QED) is 0.365. The van der Waals surface area contributed by atoms with Crippen LogP contribution in [0.1, 0.15) is 44.4 Å². The first-order valence-corrected chi connectivity index (χ1v) is 12.0. The number of thiazole rings is 1. The highest BCUT2D eigenvalue weighted by Crippen LogP contribution is 2.46. The summed E-state index contributed by atoms with van der Waals surface area (Å²) in [5.74, 6) is -0.929. The number of likely N-dealkylation sites (tertiary alicyclic amines) is 1. The standard InChI is InChI=1S/C23H28N6O3S/c1-13(2)19(27-28-24)22(32)29-11-17(30)10-18(29)21(31)26-23(8-9-23)16-6-4-15(5-7-16)20-14(3)25-12-33-20/h4-7,12-13,17-19,30H,8-11H2,1-3H3,(H,26,31)/t17-,18+,19+/m1/s1. The fraction of sp³-hybridized carbons (Fsp3) is 0.522. The van der Waals surface area contributed by atoms with Crippen molar-refractivity contribution in [1.29, 1.82) is 0 Å². The average molecular weight is 469 g/mol. The van der Waals surface area contributed by atoms with E-state index in [-0.39, 0.29) is 24.8 Å². The van der Waals surface area contributed by atoms with Gasteiger partial charge in [0.1, 0.15) is 12.1 Å². The molecule has 9 nitrogen and oxygen atoms in total. The summed E-state index contributed by atoms with van der Waals surface area (Å²) in [6.07, 6.45) is 1.00. The molecule has 0 bridgehead atoms. The molecule has 4 rings (SSSR count). The molecule has 2 amide bonds. The molecule has 1 aliphatic heterocycles. The molecule has 0 radical (unpaired) electrons. The molecule has 3 atom stereocenters. The van der Waals surface area contributed by atoms with Gasteiger partial charge in [0.15, 0.2) is 0 Å². The van der Waals surface area contributed by atoms with Crippen LogP contribution in [-0.2, 0) is 15.1 Å². The van der Waals surface area contributed by atoms with Crippen LogP contribution >= 0.6 is 11.3 Å². The van der Waals surface area contributed by atoms with Crippen molar-refractivity contribution < 1.29 is 14.7 Å². The van der Waals surface area contributed by atoms with Gasteiger partial charge < -0.3 is 15.3 Å². The van der Waals surface area contributed by atoms with Crippen molar-refractivity contribution in [2.24, 2.45) is 11.0 Å². The molecule has 2 aliphatic rings. The molecule has 1 aliphatic carbocycles. The Balaban J connectivity index is 1.50. The van der Waals surface area contributed by atoms with E-state index in [4.69, 9.17) is 5.53 Å². The predicted molar refractivity (Wildman–Crippen MR) is 125 cm³/mol. The van der Waals surface area contributed by atoms with E-state index < -0.39 is 29.6 Å². The lowest BCUT2D eigenvalue weighted by Crippen LogP contribution is -2.51. The van der Waals surface area contributed by atoms with Crippen molar-refractivity contribution in [2.45, 2.75) is 63.8 Å². The largest absolute Gasteiger partial charge is 0.391 e. The lowest BCUT2D eigenvalue weighted by molar-refractivity contribution is -0.140. The smallest absolute Gasteiger partial charge is 0.243 e. The monoisotopic (exact) mass is 468 g/mol. The molecule has 2 N–H and O–H groups in total. The second kappa shape index (κ2) is 9.13.